The number of benzene rings is 2. The van der Waals surface area contributed by atoms with E-state index in [1.807, 2.05) is 49.1 Å². The summed E-state index contributed by atoms with van der Waals surface area (Å²) in [7, 11) is 0. The van der Waals surface area contributed by atoms with E-state index in [9.17, 15) is 4.79 Å². The molecule has 6 nitrogen and oxygen atoms in total. The Hall–Kier alpha value is -3.41. The third kappa shape index (κ3) is 4.90. The molecule has 0 bridgehead atoms. The molecule has 1 aliphatic heterocycles. The van der Waals surface area contributed by atoms with E-state index in [4.69, 9.17) is 4.74 Å². The van der Waals surface area contributed by atoms with Gasteiger partial charge in [0.15, 0.2) is 12.4 Å². The zero-order chi connectivity index (χ0) is 22.5. The van der Waals surface area contributed by atoms with Crippen LogP contribution >= 0.6 is 0 Å². The summed E-state index contributed by atoms with van der Waals surface area (Å²) in [6.07, 6.45) is 1.02. The first-order valence-corrected chi connectivity index (χ1v) is 11.2. The minimum atomic E-state index is 0.0178. The lowest BCUT2D eigenvalue weighted by atomic mass is 10.1. The maximum absolute atomic E-state index is 12.6. The predicted molar refractivity (Wildman–Crippen MR) is 127 cm³/mol. The Kier molecular flexibility index (Phi) is 6.69. The van der Waals surface area contributed by atoms with Gasteiger partial charge < -0.3 is 14.5 Å². The number of ether oxygens (including phenoxy) is 1. The van der Waals surface area contributed by atoms with Crippen LogP contribution < -0.4 is 9.64 Å². The van der Waals surface area contributed by atoms with Crippen molar-refractivity contribution in [3.8, 4) is 17.0 Å². The Balaban J connectivity index is 1.30. The van der Waals surface area contributed by atoms with E-state index in [-0.39, 0.29) is 12.5 Å². The maximum atomic E-state index is 12.6. The minimum absolute atomic E-state index is 0.0178. The fraction of sp³-hybridized carbons (Fsp3) is 0.346. The van der Waals surface area contributed by atoms with Crippen molar-refractivity contribution in [1.82, 2.24) is 15.1 Å². The second-order valence-corrected chi connectivity index (χ2v) is 8.20. The van der Waals surface area contributed by atoms with E-state index < -0.39 is 0 Å². The number of para-hydroxylation sites is 1. The summed E-state index contributed by atoms with van der Waals surface area (Å²) in [4.78, 5) is 16.7. The highest BCUT2D eigenvalue weighted by Crippen LogP contribution is 2.23. The summed E-state index contributed by atoms with van der Waals surface area (Å²) in [6, 6.07) is 18.5. The molecular weight excluding hydrogens is 400 g/mol. The van der Waals surface area contributed by atoms with Crippen LogP contribution in [0.2, 0.25) is 0 Å². The molecule has 0 atom stereocenters. The number of aromatic nitrogens is 2. The molecule has 6 heteroatoms. The SMILES string of the molecule is CCc1ccc(-c2ccc(N3CCN(C(=O)COc4c(C)cccc4C)CC3)nn2)cc1. The largest absolute Gasteiger partial charge is 0.483 e. The van der Waals surface area contributed by atoms with Crippen molar-refractivity contribution in [3.05, 3.63) is 71.3 Å². The third-order valence-corrected chi connectivity index (χ3v) is 6.01. The lowest BCUT2D eigenvalue weighted by molar-refractivity contribution is -0.133. The fourth-order valence-electron chi connectivity index (χ4n) is 4.00. The van der Waals surface area contributed by atoms with Gasteiger partial charge in [-0.2, -0.15) is 0 Å². The molecule has 0 unspecified atom stereocenters. The highest BCUT2D eigenvalue weighted by Gasteiger charge is 2.23. The number of amides is 1. The summed E-state index contributed by atoms with van der Waals surface area (Å²) in [5, 5.41) is 8.86. The van der Waals surface area contributed by atoms with Crippen LogP contribution in [-0.2, 0) is 11.2 Å². The number of rotatable bonds is 6. The summed E-state index contributed by atoms with van der Waals surface area (Å²) in [6.45, 7) is 8.97. The van der Waals surface area contributed by atoms with Gasteiger partial charge in [0.25, 0.3) is 5.91 Å². The lowest BCUT2D eigenvalue weighted by Gasteiger charge is -2.35. The molecule has 166 valence electrons. The van der Waals surface area contributed by atoms with Crippen LogP contribution in [0.25, 0.3) is 11.3 Å². The zero-order valence-electron chi connectivity index (χ0n) is 19.0. The Bertz CT molecular complexity index is 1040. The number of nitrogens with zero attached hydrogens (tertiary/aromatic N) is 4. The average Bonchev–Trinajstić information content (AvgIpc) is 2.84. The van der Waals surface area contributed by atoms with Crippen LogP contribution in [0.4, 0.5) is 5.82 Å². The van der Waals surface area contributed by atoms with Crippen molar-refractivity contribution in [3.63, 3.8) is 0 Å². The van der Waals surface area contributed by atoms with Crippen LogP contribution in [0.3, 0.4) is 0 Å². The topological polar surface area (TPSA) is 58.6 Å². The molecule has 0 saturated carbocycles. The predicted octanol–water partition coefficient (Wildman–Crippen LogP) is 4.05. The van der Waals surface area contributed by atoms with Gasteiger partial charge >= 0.3 is 0 Å². The van der Waals surface area contributed by atoms with E-state index >= 15 is 0 Å². The highest BCUT2D eigenvalue weighted by atomic mass is 16.5. The lowest BCUT2D eigenvalue weighted by Crippen LogP contribution is -2.50. The Labute approximate surface area is 189 Å². The second-order valence-electron chi connectivity index (χ2n) is 8.20. The van der Waals surface area contributed by atoms with Crippen molar-refractivity contribution in [2.45, 2.75) is 27.2 Å². The van der Waals surface area contributed by atoms with Crippen molar-refractivity contribution < 1.29 is 9.53 Å². The number of aryl methyl sites for hydroxylation is 3. The molecule has 0 N–H and O–H groups in total. The van der Waals surface area contributed by atoms with Crippen molar-refractivity contribution >= 4 is 11.7 Å². The molecule has 0 aliphatic carbocycles. The summed E-state index contributed by atoms with van der Waals surface area (Å²) in [5.41, 5.74) is 5.34. The number of anilines is 1. The van der Waals surface area contributed by atoms with E-state index in [1.54, 1.807) is 0 Å². The highest BCUT2D eigenvalue weighted by molar-refractivity contribution is 5.78. The molecule has 3 aromatic rings. The van der Waals surface area contributed by atoms with Crippen molar-refractivity contribution in [1.29, 1.82) is 0 Å². The van der Waals surface area contributed by atoms with Crippen LogP contribution in [0.15, 0.2) is 54.6 Å². The summed E-state index contributed by atoms with van der Waals surface area (Å²) >= 11 is 0. The van der Waals surface area contributed by atoms with Gasteiger partial charge in [-0.3, -0.25) is 4.79 Å². The smallest absolute Gasteiger partial charge is 0.260 e. The van der Waals surface area contributed by atoms with Crippen molar-refractivity contribution in [2.75, 3.05) is 37.7 Å². The Morgan fingerprint density at radius 1 is 0.906 bits per heavy atom. The zero-order valence-corrected chi connectivity index (χ0v) is 19.0. The molecule has 2 aromatic carbocycles. The molecule has 1 fully saturated rings. The first-order chi connectivity index (χ1) is 15.5. The molecule has 1 saturated heterocycles. The number of piperazine rings is 1. The Morgan fingerprint density at radius 2 is 1.59 bits per heavy atom. The van der Waals surface area contributed by atoms with Gasteiger partial charge in [0, 0.05) is 31.7 Å². The van der Waals surface area contributed by atoms with Gasteiger partial charge in [0.1, 0.15) is 5.75 Å². The molecule has 4 rings (SSSR count). The van der Waals surface area contributed by atoms with Crippen LogP contribution in [-0.4, -0.2) is 53.8 Å². The average molecular weight is 431 g/mol. The standard InChI is InChI=1S/C26H30N4O2/c1-4-21-8-10-22(11-9-21)23-12-13-24(28-27-23)29-14-16-30(17-15-29)25(31)18-32-26-19(2)6-5-7-20(26)3/h5-13H,4,14-18H2,1-3H3. The summed E-state index contributed by atoms with van der Waals surface area (Å²) < 4.78 is 5.84. The second kappa shape index (κ2) is 9.81. The van der Waals surface area contributed by atoms with Gasteiger partial charge in [0.05, 0.1) is 5.69 Å². The number of hydrogen-bond acceptors (Lipinski definition) is 5. The van der Waals surface area contributed by atoms with Crippen LogP contribution in [0.1, 0.15) is 23.6 Å². The molecule has 2 heterocycles. The fourth-order valence-corrected chi connectivity index (χ4v) is 4.00. The number of hydrogen-bond donors (Lipinski definition) is 0. The summed E-state index contributed by atoms with van der Waals surface area (Å²) in [5.74, 6) is 1.67. The number of carbonyl (C=O) groups excluding carboxylic acids is 1. The molecule has 32 heavy (non-hydrogen) atoms. The Morgan fingerprint density at radius 3 is 2.19 bits per heavy atom. The van der Waals surface area contributed by atoms with Crippen LogP contribution in [0, 0.1) is 13.8 Å². The molecular formula is C26H30N4O2. The van der Waals surface area contributed by atoms with Gasteiger partial charge in [-0.05, 0) is 49.1 Å². The van der Waals surface area contributed by atoms with Gasteiger partial charge in [0.2, 0.25) is 0 Å². The molecule has 0 spiro atoms. The van der Waals surface area contributed by atoms with E-state index in [0.717, 1.165) is 53.5 Å². The normalized spacial score (nSPS) is 13.8. The van der Waals surface area contributed by atoms with Gasteiger partial charge in [-0.1, -0.05) is 49.4 Å². The molecule has 1 amide bonds. The van der Waals surface area contributed by atoms with Gasteiger partial charge in [-0.25, -0.2) is 0 Å². The van der Waals surface area contributed by atoms with Gasteiger partial charge in [-0.15, -0.1) is 10.2 Å². The van der Waals surface area contributed by atoms with Crippen molar-refractivity contribution in [2.24, 2.45) is 0 Å². The van der Waals surface area contributed by atoms with Crippen LogP contribution in [0.5, 0.6) is 5.75 Å². The minimum Gasteiger partial charge on any atom is -0.483 e. The number of carbonyl (C=O) groups is 1. The molecule has 0 radical (unpaired) electrons. The maximum Gasteiger partial charge on any atom is 0.260 e. The molecule has 1 aromatic heterocycles. The van der Waals surface area contributed by atoms with E-state index in [2.05, 4.69) is 46.3 Å². The van der Waals surface area contributed by atoms with E-state index in [1.165, 1.54) is 5.56 Å². The molecule has 1 aliphatic rings. The quantitative estimate of drug-likeness (QED) is 0.591. The first-order valence-electron chi connectivity index (χ1n) is 11.2. The third-order valence-electron chi connectivity index (χ3n) is 6.01. The van der Waals surface area contributed by atoms with E-state index in [0.29, 0.717) is 13.1 Å². The first kappa shape index (κ1) is 21.8. The monoisotopic (exact) mass is 430 g/mol.